The fourth-order valence-corrected chi connectivity index (χ4v) is 3.10. The summed E-state index contributed by atoms with van der Waals surface area (Å²) in [5.74, 6) is -2.49. The minimum absolute atomic E-state index is 0.139. The predicted molar refractivity (Wildman–Crippen MR) is 99.1 cm³/mol. The number of hydrogen-bond donors (Lipinski definition) is 1. The van der Waals surface area contributed by atoms with Crippen LogP contribution in [0.5, 0.6) is 0 Å². The molecule has 26 heavy (non-hydrogen) atoms. The monoisotopic (exact) mass is 354 g/mol. The molecule has 1 N–H and O–H groups in total. The van der Waals surface area contributed by atoms with E-state index in [0.29, 0.717) is 0 Å². The fourth-order valence-electron chi connectivity index (χ4n) is 3.10. The number of carbonyl (C=O) groups is 1. The Balaban J connectivity index is 1.87. The standard InChI is InChI=1S/C21H20F2N2O/c1-25(2)19(16-10-5-8-14-7-3-4-9-15(14)16)13-24-21(26)20-17(22)11-6-12-18(20)23/h3-12,19H,13H2,1-2H3,(H,24,26)/t19-/m1/s1. The van der Waals surface area contributed by atoms with Crippen LogP contribution in [0.15, 0.2) is 60.7 Å². The maximum Gasteiger partial charge on any atom is 0.257 e. The number of nitrogens with one attached hydrogen (secondary N) is 1. The molecule has 0 aromatic heterocycles. The Bertz CT molecular complexity index is 915. The maximum atomic E-state index is 13.8. The number of likely N-dealkylation sites (N-methyl/N-ethyl adjacent to an activating group) is 1. The highest BCUT2D eigenvalue weighted by Gasteiger charge is 2.21. The van der Waals surface area contributed by atoms with Crippen molar-refractivity contribution in [3.8, 4) is 0 Å². The molecule has 5 heteroatoms. The van der Waals surface area contributed by atoms with E-state index in [1.54, 1.807) is 0 Å². The van der Waals surface area contributed by atoms with Gasteiger partial charge in [-0.15, -0.1) is 0 Å². The lowest BCUT2D eigenvalue weighted by Crippen LogP contribution is -2.35. The molecule has 0 heterocycles. The highest BCUT2D eigenvalue weighted by molar-refractivity contribution is 5.94. The molecule has 3 nitrogen and oxygen atoms in total. The zero-order valence-corrected chi connectivity index (χ0v) is 14.7. The summed E-state index contributed by atoms with van der Waals surface area (Å²) < 4.78 is 27.6. The molecule has 0 aliphatic carbocycles. The van der Waals surface area contributed by atoms with Crippen molar-refractivity contribution in [1.82, 2.24) is 10.2 Å². The van der Waals surface area contributed by atoms with Crippen molar-refractivity contribution in [1.29, 1.82) is 0 Å². The van der Waals surface area contributed by atoms with Gasteiger partial charge in [-0.25, -0.2) is 8.78 Å². The Morgan fingerprint density at radius 3 is 2.27 bits per heavy atom. The average molecular weight is 354 g/mol. The number of benzene rings is 3. The molecule has 0 unspecified atom stereocenters. The first-order chi connectivity index (χ1) is 12.5. The number of hydrogen-bond acceptors (Lipinski definition) is 2. The molecule has 0 bridgehead atoms. The molecule has 0 saturated carbocycles. The van der Waals surface area contributed by atoms with E-state index in [9.17, 15) is 13.6 Å². The van der Waals surface area contributed by atoms with Crippen LogP contribution in [0, 0.1) is 11.6 Å². The second-order valence-corrected chi connectivity index (χ2v) is 6.35. The third-order valence-electron chi connectivity index (χ3n) is 4.45. The van der Waals surface area contributed by atoms with Gasteiger partial charge in [-0.05, 0) is 42.6 Å². The van der Waals surface area contributed by atoms with Gasteiger partial charge in [0, 0.05) is 6.54 Å². The molecule has 3 rings (SSSR count). The molecule has 1 atom stereocenters. The van der Waals surface area contributed by atoms with Gasteiger partial charge in [-0.2, -0.15) is 0 Å². The normalized spacial score (nSPS) is 12.3. The summed E-state index contributed by atoms with van der Waals surface area (Å²) in [4.78, 5) is 14.3. The number of rotatable bonds is 5. The van der Waals surface area contributed by atoms with Crippen LogP contribution in [0.2, 0.25) is 0 Å². The minimum Gasteiger partial charge on any atom is -0.350 e. The van der Waals surface area contributed by atoms with Gasteiger partial charge in [0.15, 0.2) is 0 Å². The van der Waals surface area contributed by atoms with Crippen LogP contribution in [0.4, 0.5) is 8.78 Å². The van der Waals surface area contributed by atoms with Crippen molar-refractivity contribution in [3.05, 3.63) is 83.4 Å². The highest BCUT2D eigenvalue weighted by Crippen LogP contribution is 2.27. The summed E-state index contributed by atoms with van der Waals surface area (Å²) in [6.07, 6.45) is 0. The largest absolute Gasteiger partial charge is 0.350 e. The van der Waals surface area contributed by atoms with E-state index in [1.165, 1.54) is 6.07 Å². The lowest BCUT2D eigenvalue weighted by Gasteiger charge is -2.26. The topological polar surface area (TPSA) is 32.3 Å². The van der Waals surface area contributed by atoms with E-state index in [-0.39, 0.29) is 12.6 Å². The van der Waals surface area contributed by atoms with Crippen LogP contribution in [-0.2, 0) is 0 Å². The first kappa shape index (κ1) is 18.0. The third-order valence-corrected chi connectivity index (χ3v) is 4.45. The number of amides is 1. The molecular weight excluding hydrogens is 334 g/mol. The lowest BCUT2D eigenvalue weighted by molar-refractivity contribution is 0.0933. The third kappa shape index (κ3) is 3.58. The van der Waals surface area contributed by atoms with Gasteiger partial charge in [0.25, 0.3) is 5.91 Å². The van der Waals surface area contributed by atoms with Crippen LogP contribution < -0.4 is 5.32 Å². The van der Waals surface area contributed by atoms with Crippen molar-refractivity contribution >= 4 is 16.7 Å². The molecular formula is C21H20F2N2O. The van der Waals surface area contributed by atoms with Gasteiger partial charge in [-0.1, -0.05) is 48.5 Å². The summed E-state index contributed by atoms with van der Waals surface area (Å²) in [5, 5.41) is 4.85. The van der Waals surface area contributed by atoms with Gasteiger partial charge in [0.05, 0.1) is 6.04 Å². The zero-order valence-electron chi connectivity index (χ0n) is 14.7. The molecule has 0 radical (unpaired) electrons. The summed E-state index contributed by atoms with van der Waals surface area (Å²) in [6, 6.07) is 17.2. The summed E-state index contributed by atoms with van der Waals surface area (Å²) in [7, 11) is 3.81. The van der Waals surface area contributed by atoms with E-state index in [4.69, 9.17) is 0 Å². The van der Waals surface area contributed by atoms with Gasteiger partial charge >= 0.3 is 0 Å². The van der Waals surface area contributed by atoms with E-state index in [2.05, 4.69) is 5.32 Å². The first-order valence-corrected chi connectivity index (χ1v) is 8.35. The molecule has 3 aromatic rings. The molecule has 0 saturated heterocycles. The Labute approximate surface area is 151 Å². The molecule has 0 aliphatic heterocycles. The van der Waals surface area contributed by atoms with Gasteiger partial charge in [0.2, 0.25) is 0 Å². The highest BCUT2D eigenvalue weighted by atomic mass is 19.1. The van der Waals surface area contributed by atoms with E-state index >= 15 is 0 Å². The van der Waals surface area contributed by atoms with Crippen molar-refractivity contribution in [2.24, 2.45) is 0 Å². The van der Waals surface area contributed by atoms with Crippen molar-refractivity contribution < 1.29 is 13.6 Å². The summed E-state index contributed by atoms with van der Waals surface area (Å²) in [6.45, 7) is 0.230. The van der Waals surface area contributed by atoms with Crippen LogP contribution in [0.1, 0.15) is 22.0 Å². The fraction of sp³-hybridized carbons (Fsp3) is 0.190. The van der Waals surface area contributed by atoms with E-state index < -0.39 is 23.1 Å². The van der Waals surface area contributed by atoms with Crippen LogP contribution in [0.25, 0.3) is 10.8 Å². The average Bonchev–Trinajstić information content (AvgIpc) is 2.61. The van der Waals surface area contributed by atoms with Crippen LogP contribution in [0.3, 0.4) is 0 Å². The second kappa shape index (κ2) is 7.62. The van der Waals surface area contributed by atoms with Crippen LogP contribution in [-0.4, -0.2) is 31.4 Å². The quantitative estimate of drug-likeness (QED) is 0.746. The van der Waals surface area contributed by atoms with Gasteiger partial charge in [0.1, 0.15) is 17.2 Å². The van der Waals surface area contributed by atoms with E-state index in [1.807, 2.05) is 61.5 Å². The number of nitrogens with zero attached hydrogens (tertiary/aromatic N) is 1. The number of fused-ring (bicyclic) bond motifs is 1. The number of carbonyl (C=O) groups excluding carboxylic acids is 1. The summed E-state index contributed by atoms with van der Waals surface area (Å²) in [5.41, 5.74) is 0.491. The number of halogens is 2. The van der Waals surface area contributed by atoms with Crippen molar-refractivity contribution in [2.45, 2.75) is 6.04 Å². The molecule has 1 amide bonds. The van der Waals surface area contributed by atoms with Gasteiger partial charge in [-0.3, -0.25) is 4.79 Å². The molecule has 0 aliphatic rings. The SMILES string of the molecule is CN(C)[C@H](CNC(=O)c1c(F)cccc1F)c1cccc2ccccc12. The Morgan fingerprint density at radius 2 is 1.58 bits per heavy atom. The maximum absolute atomic E-state index is 13.8. The van der Waals surface area contributed by atoms with Crippen molar-refractivity contribution in [2.75, 3.05) is 20.6 Å². The van der Waals surface area contributed by atoms with Crippen LogP contribution >= 0.6 is 0 Å². The molecule has 0 fully saturated rings. The predicted octanol–water partition coefficient (Wildman–Crippen LogP) is 4.15. The second-order valence-electron chi connectivity index (χ2n) is 6.35. The zero-order chi connectivity index (χ0) is 18.7. The Kier molecular flexibility index (Phi) is 5.28. The molecule has 0 spiro atoms. The van der Waals surface area contributed by atoms with Crippen molar-refractivity contribution in [3.63, 3.8) is 0 Å². The molecule has 3 aromatic carbocycles. The Hall–Kier alpha value is -2.79. The minimum atomic E-state index is -0.867. The smallest absolute Gasteiger partial charge is 0.257 e. The van der Waals surface area contributed by atoms with Gasteiger partial charge < -0.3 is 10.2 Å². The Morgan fingerprint density at radius 1 is 0.962 bits per heavy atom. The first-order valence-electron chi connectivity index (χ1n) is 8.35. The summed E-state index contributed by atoms with van der Waals surface area (Å²) >= 11 is 0. The van der Waals surface area contributed by atoms with E-state index in [0.717, 1.165) is 28.5 Å². The lowest BCUT2D eigenvalue weighted by atomic mass is 9.98. The molecule has 134 valence electrons.